The average molecular weight is 189 g/mol. The van der Waals surface area contributed by atoms with E-state index in [0.717, 1.165) is 0 Å². The van der Waals surface area contributed by atoms with Crippen LogP contribution in [0.4, 0.5) is 0 Å². The maximum absolute atomic E-state index is 10.2. The molecule has 1 aromatic rings. The molecule has 4 nitrogen and oxygen atoms in total. The zero-order valence-electron chi connectivity index (χ0n) is 6.23. The van der Waals surface area contributed by atoms with Crippen molar-refractivity contribution in [2.45, 2.75) is 6.54 Å². The zero-order chi connectivity index (χ0) is 8.27. The minimum Gasteiger partial charge on any atom is -0.480 e. The van der Waals surface area contributed by atoms with Gasteiger partial charge in [-0.3, -0.25) is 10.2 Å². The molecular formula is C7H9ClN2O2. The fourth-order valence-corrected chi connectivity index (χ4v) is 0.760. The first-order valence-corrected chi connectivity index (χ1v) is 3.12. The van der Waals surface area contributed by atoms with Gasteiger partial charge in [0.2, 0.25) is 0 Å². The Morgan fingerprint density at radius 1 is 1.58 bits per heavy atom. The van der Waals surface area contributed by atoms with Crippen LogP contribution in [0, 0.1) is 5.41 Å². The lowest BCUT2D eigenvalue weighted by Crippen LogP contribution is -2.22. The summed E-state index contributed by atoms with van der Waals surface area (Å²) in [6.45, 7) is -0.153. The van der Waals surface area contributed by atoms with Gasteiger partial charge in [0.05, 0.1) is 0 Å². The van der Waals surface area contributed by atoms with Crippen molar-refractivity contribution >= 4 is 18.4 Å². The molecule has 2 N–H and O–H groups in total. The molecule has 0 saturated heterocycles. The van der Waals surface area contributed by atoms with Gasteiger partial charge in [-0.2, -0.15) is 0 Å². The Bertz CT molecular complexity index is 321. The van der Waals surface area contributed by atoms with E-state index in [-0.39, 0.29) is 24.4 Å². The Kier molecular flexibility index (Phi) is 4.07. The topological polar surface area (TPSA) is 66.1 Å². The summed E-state index contributed by atoms with van der Waals surface area (Å²) in [5, 5.41) is 15.7. The standard InChI is InChI=1S/C7H8N2O2.ClH/c8-6-3-1-2-4-9(6)5-7(10)11;/h1-4,8H,5H2,(H,10,11);1H. The smallest absolute Gasteiger partial charge is 0.323 e. The van der Waals surface area contributed by atoms with E-state index in [1.807, 2.05) is 0 Å². The molecule has 1 heterocycles. The van der Waals surface area contributed by atoms with Crippen LogP contribution in [-0.2, 0) is 11.3 Å². The lowest BCUT2D eigenvalue weighted by atomic mass is 10.4. The molecular weight excluding hydrogens is 180 g/mol. The molecule has 0 radical (unpaired) electrons. The summed E-state index contributed by atoms with van der Waals surface area (Å²) < 4.78 is 1.35. The summed E-state index contributed by atoms with van der Waals surface area (Å²) in [5.41, 5.74) is 0.204. The minimum atomic E-state index is -0.935. The maximum atomic E-state index is 10.2. The van der Waals surface area contributed by atoms with E-state index in [1.54, 1.807) is 24.4 Å². The van der Waals surface area contributed by atoms with E-state index in [1.165, 1.54) is 4.57 Å². The van der Waals surface area contributed by atoms with Crippen LogP contribution in [0.5, 0.6) is 0 Å². The summed E-state index contributed by atoms with van der Waals surface area (Å²) in [5.74, 6) is -0.935. The van der Waals surface area contributed by atoms with Crippen LogP contribution in [-0.4, -0.2) is 15.6 Å². The van der Waals surface area contributed by atoms with E-state index in [2.05, 4.69) is 0 Å². The fraction of sp³-hybridized carbons (Fsp3) is 0.143. The van der Waals surface area contributed by atoms with Crippen molar-refractivity contribution in [3.05, 3.63) is 29.9 Å². The Morgan fingerprint density at radius 3 is 2.75 bits per heavy atom. The highest BCUT2D eigenvalue weighted by molar-refractivity contribution is 5.85. The minimum absolute atomic E-state index is 0. The molecule has 1 rings (SSSR count). The molecule has 0 fully saturated rings. The monoisotopic (exact) mass is 188 g/mol. The number of nitrogens with zero attached hydrogens (tertiary/aromatic N) is 1. The van der Waals surface area contributed by atoms with Crippen molar-refractivity contribution in [1.29, 1.82) is 5.41 Å². The van der Waals surface area contributed by atoms with Crippen molar-refractivity contribution in [3.8, 4) is 0 Å². The van der Waals surface area contributed by atoms with Crippen molar-refractivity contribution in [2.75, 3.05) is 0 Å². The highest BCUT2D eigenvalue weighted by Crippen LogP contribution is 1.80. The molecule has 1 aromatic heterocycles. The average Bonchev–Trinajstić information content (AvgIpc) is 1.93. The van der Waals surface area contributed by atoms with Gasteiger partial charge in [0, 0.05) is 6.20 Å². The van der Waals surface area contributed by atoms with Gasteiger partial charge in [0.25, 0.3) is 0 Å². The van der Waals surface area contributed by atoms with Gasteiger partial charge in [-0.25, -0.2) is 0 Å². The number of pyridine rings is 1. The summed E-state index contributed by atoms with van der Waals surface area (Å²) in [6, 6.07) is 4.94. The largest absolute Gasteiger partial charge is 0.480 e. The van der Waals surface area contributed by atoms with Gasteiger partial charge < -0.3 is 9.67 Å². The molecule has 0 atom stereocenters. The number of carbonyl (C=O) groups is 1. The summed E-state index contributed by atoms with van der Waals surface area (Å²) in [6.07, 6.45) is 1.57. The van der Waals surface area contributed by atoms with Crippen molar-refractivity contribution in [2.24, 2.45) is 0 Å². The van der Waals surface area contributed by atoms with Crippen molar-refractivity contribution < 1.29 is 9.90 Å². The van der Waals surface area contributed by atoms with Crippen molar-refractivity contribution in [3.63, 3.8) is 0 Å². The van der Waals surface area contributed by atoms with Crippen LogP contribution in [0.15, 0.2) is 24.4 Å². The number of nitrogens with one attached hydrogen (secondary N) is 1. The predicted molar refractivity (Wildman–Crippen MR) is 45.2 cm³/mol. The predicted octanol–water partition coefficient (Wildman–Crippen LogP) is 0.474. The Labute approximate surface area is 75.4 Å². The molecule has 0 aliphatic rings. The molecule has 0 aliphatic carbocycles. The molecule has 0 bridgehead atoms. The van der Waals surface area contributed by atoms with E-state index in [9.17, 15) is 4.79 Å². The number of hydrogen-bond donors (Lipinski definition) is 2. The van der Waals surface area contributed by atoms with E-state index in [0.29, 0.717) is 0 Å². The van der Waals surface area contributed by atoms with Gasteiger partial charge in [-0.05, 0) is 12.1 Å². The van der Waals surface area contributed by atoms with Gasteiger partial charge in [0.15, 0.2) is 0 Å². The normalized spacial score (nSPS) is 8.67. The zero-order valence-corrected chi connectivity index (χ0v) is 7.04. The highest BCUT2D eigenvalue weighted by atomic mass is 35.5. The molecule has 0 aromatic carbocycles. The number of halogens is 1. The fourth-order valence-electron chi connectivity index (χ4n) is 0.760. The summed E-state index contributed by atoms with van der Waals surface area (Å²) >= 11 is 0. The quantitative estimate of drug-likeness (QED) is 0.709. The van der Waals surface area contributed by atoms with E-state index in [4.69, 9.17) is 10.5 Å². The third-order valence-corrected chi connectivity index (χ3v) is 1.25. The SMILES string of the molecule is Cl.N=c1ccccn1CC(=O)O. The number of rotatable bonds is 2. The lowest BCUT2D eigenvalue weighted by Gasteiger charge is -2.00. The third-order valence-electron chi connectivity index (χ3n) is 1.25. The van der Waals surface area contributed by atoms with Gasteiger partial charge in [0.1, 0.15) is 12.0 Å². The molecule has 5 heteroatoms. The first-order chi connectivity index (χ1) is 5.20. The lowest BCUT2D eigenvalue weighted by molar-refractivity contribution is -0.137. The summed E-state index contributed by atoms with van der Waals surface area (Å²) in [4.78, 5) is 10.2. The van der Waals surface area contributed by atoms with Gasteiger partial charge >= 0.3 is 5.97 Å². The van der Waals surface area contributed by atoms with Crippen LogP contribution in [0.2, 0.25) is 0 Å². The van der Waals surface area contributed by atoms with Gasteiger partial charge in [-0.1, -0.05) is 6.07 Å². The first-order valence-electron chi connectivity index (χ1n) is 3.12. The molecule has 0 aliphatic heterocycles. The van der Waals surface area contributed by atoms with E-state index < -0.39 is 5.97 Å². The van der Waals surface area contributed by atoms with Crippen LogP contribution in [0.3, 0.4) is 0 Å². The molecule has 0 unspecified atom stereocenters. The van der Waals surface area contributed by atoms with Gasteiger partial charge in [-0.15, -0.1) is 12.4 Å². The number of aromatic nitrogens is 1. The Balaban J connectivity index is 0.00000121. The van der Waals surface area contributed by atoms with Crippen LogP contribution in [0.25, 0.3) is 0 Å². The summed E-state index contributed by atoms with van der Waals surface area (Å²) in [7, 11) is 0. The third kappa shape index (κ3) is 2.75. The van der Waals surface area contributed by atoms with E-state index >= 15 is 0 Å². The molecule has 0 spiro atoms. The Hall–Kier alpha value is -1.29. The second-order valence-electron chi connectivity index (χ2n) is 2.11. The number of carboxylic acid groups (broad SMARTS) is 1. The number of hydrogen-bond acceptors (Lipinski definition) is 2. The first kappa shape index (κ1) is 10.7. The Morgan fingerprint density at radius 2 is 2.25 bits per heavy atom. The van der Waals surface area contributed by atoms with Crippen LogP contribution < -0.4 is 5.49 Å². The number of aliphatic carboxylic acids is 1. The maximum Gasteiger partial charge on any atom is 0.323 e. The second kappa shape index (κ2) is 4.56. The highest BCUT2D eigenvalue weighted by Gasteiger charge is 1.96. The van der Waals surface area contributed by atoms with Crippen LogP contribution >= 0.6 is 12.4 Å². The van der Waals surface area contributed by atoms with Crippen molar-refractivity contribution in [1.82, 2.24) is 4.57 Å². The number of carboxylic acids is 1. The molecule has 0 saturated carbocycles. The second-order valence-corrected chi connectivity index (χ2v) is 2.11. The molecule has 12 heavy (non-hydrogen) atoms. The molecule has 0 amide bonds. The molecule has 66 valence electrons. The van der Waals surface area contributed by atoms with Crippen LogP contribution in [0.1, 0.15) is 0 Å².